The van der Waals surface area contributed by atoms with Gasteiger partial charge in [0.25, 0.3) is 0 Å². The highest BCUT2D eigenvalue weighted by atomic mass is 79.9. The number of hydrogen-bond acceptors (Lipinski definition) is 0. The highest BCUT2D eigenvalue weighted by Gasteiger charge is 1.64. The first-order chi connectivity index (χ1) is 1.91. The van der Waals surface area contributed by atoms with Crippen LogP contribution in [0, 0.1) is 0 Å². The molecule has 0 fully saturated rings. The third-order valence-corrected chi connectivity index (χ3v) is 3.34. The minimum atomic E-state index is -0.187. The van der Waals surface area contributed by atoms with Crippen molar-refractivity contribution in [1.82, 2.24) is 0 Å². The number of halogens is 2. The van der Waals surface area contributed by atoms with Crippen LogP contribution >= 0.6 is 27.0 Å². The summed E-state index contributed by atoms with van der Waals surface area (Å²) in [7, 11) is -0.187. The Hall–Kier alpha value is 0.987. The summed E-state index contributed by atoms with van der Waals surface area (Å²) in [4.78, 5) is 1.04. The summed E-state index contributed by atoms with van der Waals surface area (Å²) in [5.74, 6) is 0. The Balaban J connectivity index is 1.97. The molecule has 0 unspecified atom stereocenters. The predicted octanol–water partition coefficient (Wildman–Crippen LogP) is 0.661. The van der Waals surface area contributed by atoms with Crippen LogP contribution in [0.1, 0.15) is 0 Å². The zero-order chi connectivity index (χ0) is 3.41. The second-order valence-corrected chi connectivity index (χ2v) is 4.65. The second kappa shape index (κ2) is 3.99. The smallest absolute Gasteiger partial charge is 0.135 e. The van der Waals surface area contributed by atoms with Crippen molar-refractivity contribution in [3.63, 3.8) is 0 Å². The molecule has 0 N–H and O–H groups in total. The fraction of sp³-hybridized carbons (Fsp3) is 1.00. The van der Waals surface area contributed by atoms with Crippen molar-refractivity contribution in [1.29, 1.82) is 0 Å². The number of alkyl halides is 1. The van der Waals surface area contributed by atoms with E-state index in [1.807, 2.05) is 0 Å². The molecule has 0 atom stereocenters. The molecule has 26 valence electrons. The van der Waals surface area contributed by atoms with E-state index < -0.39 is 0 Å². The number of rotatable bonds is 1. The van der Waals surface area contributed by atoms with Gasteiger partial charge in [-0.2, -0.15) is 11.1 Å². The van der Waals surface area contributed by atoms with Crippen LogP contribution < -0.4 is 0 Å². The molecule has 0 rings (SSSR count). The van der Waals surface area contributed by atoms with Crippen molar-refractivity contribution in [3.8, 4) is 0 Å². The van der Waals surface area contributed by atoms with E-state index in [1.165, 1.54) is 0 Å². The van der Waals surface area contributed by atoms with Gasteiger partial charge in [-0.15, -0.1) is 0 Å². The van der Waals surface area contributed by atoms with Crippen LogP contribution in [0.3, 0.4) is 0 Å². The lowest BCUT2D eigenvalue weighted by molar-refractivity contribution is 2.29. The summed E-state index contributed by atoms with van der Waals surface area (Å²) in [6, 6.07) is 0. The molecule has 0 aliphatic carbocycles. The molecule has 0 aromatic carbocycles. The summed E-state index contributed by atoms with van der Waals surface area (Å²) in [6.45, 7) is 0. The third-order valence-electron chi connectivity index (χ3n) is 0.0714. The van der Waals surface area contributed by atoms with Gasteiger partial charge in [0.2, 0.25) is 0 Å². The molecule has 0 nitrogen and oxygen atoms in total. The Kier molecular flexibility index (Phi) is 4.97. The van der Waals surface area contributed by atoms with Crippen molar-refractivity contribution in [2.24, 2.45) is 0 Å². The molecule has 0 saturated heterocycles. The van der Waals surface area contributed by atoms with Gasteiger partial charge in [0.1, 0.15) is 8.83 Å². The molecular weight excluding hydrogens is 155 g/mol. The van der Waals surface area contributed by atoms with Gasteiger partial charge in [-0.05, 0) is 0 Å². The Morgan fingerprint density at radius 1 is 2.00 bits per heavy atom. The number of hydrogen-bond donors (Lipinski definition) is 0. The van der Waals surface area contributed by atoms with Gasteiger partial charge in [0.15, 0.2) is 0 Å². The van der Waals surface area contributed by atoms with Crippen molar-refractivity contribution in [2.75, 3.05) is 4.95 Å². The summed E-state index contributed by atoms with van der Waals surface area (Å²) in [5.41, 5.74) is 0. The van der Waals surface area contributed by atoms with Crippen LogP contribution in [0.2, 0.25) is 0 Å². The lowest BCUT2D eigenvalue weighted by atomic mass is 11.9. The normalized spacial score (nSPS) is 10.5. The van der Waals surface area contributed by atoms with Gasteiger partial charge in [-0.3, -0.25) is 0 Å². The fourth-order valence-electron chi connectivity index (χ4n) is 0. The minimum Gasteiger partial charge on any atom is -0.175 e. The van der Waals surface area contributed by atoms with E-state index in [0.717, 1.165) is 4.95 Å². The van der Waals surface area contributed by atoms with Gasteiger partial charge >= 0.3 is 0 Å². The van der Waals surface area contributed by atoms with Gasteiger partial charge in [0.05, 0.1) is 0 Å². The van der Waals surface area contributed by atoms with E-state index in [1.54, 1.807) is 0 Å². The summed E-state index contributed by atoms with van der Waals surface area (Å²) in [5, 5.41) is 0. The van der Waals surface area contributed by atoms with Crippen LogP contribution in [0.4, 0.5) is 0 Å². The predicted molar refractivity (Wildman–Crippen MR) is 28.2 cm³/mol. The topological polar surface area (TPSA) is 0 Å². The van der Waals surface area contributed by atoms with E-state index >= 15 is 0 Å². The molecule has 0 saturated carbocycles. The maximum Gasteiger partial charge on any atom is 0.135 e. The highest BCUT2D eigenvalue weighted by Crippen LogP contribution is 1.75. The van der Waals surface area contributed by atoms with Crippen molar-refractivity contribution in [3.05, 3.63) is 0 Å². The summed E-state index contributed by atoms with van der Waals surface area (Å²) >= 11 is 8.46. The van der Waals surface area contributed by atoms with Crippen LogP contribution in [-0.2, 0) is 0 Å². The van der Waals surface area contributed by atoms with E-state index in [0.29, 0.717) is 0 Å². The summed E-state index contributed by atoms with van der Waals surface area (Å²) < 4.78 is 0. The Morgan fingerprint density at radius 3 is 2.25 bits per heavy atom. The first-order valence-corrected chi connectivity index (χ1v) is 5.29. The maximum absolute atomic E-state index is 5.28. The molecule has 4 heavy (non-hydrogen) atoms. The molecule has 0 aromatic heterocycles. The molecule has 0 bridgehead atoms. The molecule has 0 aliphatic heterocycles. The van der Waals surface area contributed by atoms with Crippen LogP contribution in [0.5, 0.6) is 0 Å². The first-order valence-electron chi connectivity index (χ1n) is 1.03. The zero-order valence-corrected chi connectivity index (χ0v) is 5.93. The molecule has 0 heterocycles. The standard InChI is InChI=1S/CH4BrClSi/c2-1-4-3/h1,4H2. The third kappa shape index (κ3) is 2.99. The van der Waals surface area contributed by atoms with Crippen LogP contribution in [0.15, 0.2) is 0 Å². The highest BCUT2D eigenvalue weighted by molar-refractivity contribution is 9.09. The molecule has 0 spiro atoms. The van der Waals surface area contributed by atoms with Gasteiger partial charge < -0.3 is 0 Å². The van der Waals surface area contributed by atoms with E-state index in [2.05, 4.69) is 15.9 Å². The van der Waals surface area contributed by atoms with Gasteiger partial charge in [0, 0.05) is 4.95 Å². The SMILES string of the molecule is Cl[SiH2]CBr. The second-order valence-electron chi connectivity index (χ2n) is 0.378. The average Bonchev–Trinajstić information content (AvgIpc) is 1.37. The van der Waals surface area contributed by atoms with Crippen molar-refractivity contribution in [2.45, 2.75) is 0 Å². The Bertz CT molecular complexity index is 10.0. The maximum atomic E-state index is 5.28. The Labute approximate surface area is 41.2 Å². The first kappa shape index (κ1) is 4.99. The van der Waals surface area contributed by atoms with E-state index in [-0.39, 0.29) is 8.83 Å². The average molecular weight is 159 g/mol. The van der Waals surface area contributed by atoms with E-state index in [9.17, 15) is 0 Å². The monoisotopic (exact) mass is 158 g/mol. The van der Waals surface area contributed by atoms with Crippen molar-refractivity contribution < 1.29 is 0 Å². The lowest BCUT2D eigenvalue weighted by Gasteiger charge is -1.61. The largest absolute Gasteiger partial charge is 0.175 e. The minimum absolute atomic E-state index is 0.187. The van der Waals surface area contributed by atoms with Gasteiger partial charge in [-0.25, -0.2) is 0 Å². The molecular formula is CH4BrClSi. The zero-order valence-electron chi connectivity index (χ0n) is 2.17. The molecule has 0 amide bonds. The van der Waals surface area contributed by atoms with Crippen LogP contribution in [0.25, 0.3) is 0 Å². The fourth-order valence-corrected chi connectivity index (χ4v) is 0. The van der Waals surface area contributed by atoms with Crippen LogP contribution in [-0.4, -0.2) is 13.8 Å². The van der Waals surface area contributed by atoms with E-state index in [4.69, 9.17) is 11.1 Å². The van der Waals surface area contributed by atoms with Gasteiger partial charge in [-0.1, -0.05) is 15.9 Å². The quantitative estimate of drug-likeness (QED) is 0.300. The lowest BCUT2D eigenvalue weighted by Crippen LogP contribution is -1.70. The summed E-state index contributed by atoms with van der Waals surface area (Å²) in [6.07, 6.45) is 0. The van der Waals surface area contributed by atoms with Crippen molar-refractivity contribution >= 4 is 35.8 Å². The molecule has 0 aliphatic rings. The Morgan fingerprint density at radius 2 is 2.25 bits per heavy atom. The molecule has 0 aromatic rings. The molecule has 3 heteroatoms. The molecule has 0 radical (unpaired) electrons.